The Morgan fingerprint density at radius 2 is 2.00 bits per heavy atom. The van der Waals surface area contributed by atoms with E-state index >= 15 is 0 Å². The van der Waals surface area contributed by atoms with Gasteiger partial charge in [0.15, 0.2) is 0 Å². The maximum absolute atomic E-state index is 10.8. The number of carbonyl (C=O) groups excluding carboxylic acids is 1. The molecule has 0 aromatic heterocycles. The first-order chi connectivity index (χ1) is 4.95. The largest absolute Gasteiger partial charge is 0.481 e. The summed E-state index contributed by atoms with van der Waals surface area (Å²) in [4.78, 5) is 20.9. The van der Waals surface area contributed by atoms with Gasteiger partial charge >= 0.3 is 5.97 Å². The highest BCUT2D eigenvalue weighted by atomic mass is 16.5. The molecular weight excluding hydrogens is 150 g/mol. The molecule has 1 unspecified atom stereocenters. The molecule has 0 aromatic carbocycles. The van der Waals surface area contributed by atoms with Crippen molar-refractivity contribution in [1.82, 2.24) is 5.06 Å². The van der Waals surface area contributed by atoms with Crippen molar-refractivity contribution in [2.75, 3.05) is 7.05 Å². The lowest BCUT2D eigenvalue weighted by molar-refractivity contribution is -0.165. The van der Waals surface area contributed by atoms with Crippen LogP contribution in [0.3, 0.4) is 0 Å². The number of amides is 1. The lowest BCUT2D eigenvalue weighted by atomic mass is 10.1. The number of carboxylic acids is 1. The SMILES string of the molecule is CC(CC(=O)O)C(=O)N(C)O. The Labute approximate surface area is 64.2 Å². The molecule has 0 fully saturated rings. The standard InChI is InChI=1S/C6H11NO4/c1-4(3-5(8)9)6(10)7(2)11/h4,11H,3H2,1-2H3,(H,8,9). The van der Waals surface area contributed by atoms with Gasteiger partial charge in [-0.15, -0.1) is 0 Å². The maximum Gasteiger partial charge on any atom is 0.304 e. The molecule has 1 atom stereocenters. The van der Waals surface area contributed by atoms with E-state index in [0.29, 0.717) is 5.06 Å². The fraction of sp³-hybridized carbons (Fsp3) is 0.667. The van der Waals surface area contributed by atoms with Crippen molar-refractivity contribution in [3.63, 3.8) is 0 Å². The van der Waals surface area contributed by atoms with Crippen LogP contribution >= 0.6 is 0 Å². The molecule has 5 nitrogen and oxygen atoms in total. The van der Waals surface area contributed by atoms with Crippen molar-refractivity contribution in [2.45, 2.75) is 13.3 Å². The van der Waals surface area contributed by atoms with Crippen LogP contribution in [-0.2, 0) is 9.59 Å². The third-order valence-electron chi connectivity index (χ3n) is 1.22. The van der Waals surface area contributed by atoms with Crippen molar-refractivity contribution >= 4 is 11.9 Å². The van der Waals surface area contributed by atoms with Gasteiger partial charge in [-0.25, -0.2) is 5.06 Å². The van der Waals surface area contributed by atoms with E-state index in [9.17, 15) is 9.59 Å². The summed E-state index contributed by atoms with van der Waals surface area (Å²) in [5.41, 5.74) is 0. The van der Waals surface area contributed by atoms with Crippen LogP contribution in [0.15, 0.2) is 0 Å². The number of rotatable bonds is 3. The normalized spacial score (nSPS) is 12.3. The molecule has 0 spiro atoms. The van der Waals surface area contributed by atoms with Gasteiger partial charge in [-0.2, -0.15) is 0 Å². The molecule has 0 radical (unpaired) electrons. The molecule has 0 aromatic rings. The van der Waals surface area contributed by atoms with Gasteiger partial charge in [0.2, 0.25) is 5.91 Å². The molecule has 2 N–H and O–H groups in total. The van der Waals surface area contributed by atoms with Crippen LogP contribution in [0.1, 0.15) is 13.3 Å². The Morgan fingerprint density at radius 1 is 1.55 bits per heavy atom. The van der Waals surface area contributed by atoms with Crippen molar-refractivity contribution in [2.24, 2.45) is 5.92 Å². The van der Waals surface area contributed by atoms with Crippen LogP contribution in [-0.4, -0.2) is 34.3 Å². The van der Waals surface area contributed by atoms with Gasteiger partial charge in [0.1, 0.15) is 0 Å². The van der Waals surface area contributed by atoms with Gasteiger partial charge in [0.25, 0.3) is 0 Å². The number of aliphatic carboxylic acids is 1. The second kappa shape index (κ2) is 3.92. The zero-order valence-corrected chi connectivity index (χ0v) is 6.44. The van der Waals surface area contributed by atoms with E-state index < -0.39 is 17.8 Å². The third-order valence-corrected chi connectivity index (χ3v) is 1.22. The van der Waals surface area contributed by atoms with E-state index in [1.807, 2.05) is 0 Å². The third kappa shape index (κ3) is 3.57. The number of carbonyl (C=O) groups is 2. The molecule has 0 saturated carbocycles. The summed E-state index contributed by atoms with van der Waals surface area (Å²) in [5, 5.41) is 17.3. The van der Waals surface area contributed by atoms with Gasteiger partial charge in [-0.3, -0.25) is 14.8 Å². The van der Waals surface area contributed by atoms with Gasteiger partial charge in [0, 0.05) is 13.0 Å². The summed E-state index contributed by atoms with van der Waals surface area (Å²) in [6.07, 6.45) is -0.260. The molecule has 1 amide bonds. The number of nitrogens with zero attached hydrogens (tertiary/aromatic N) is 1. The summed E-state index contributed by atoms with van der Waals surface area (Å²) in [5.74, 6) is -2.32. The Hall–Kier alpha value is -1.10. The molecule has 5 heteroatoms. The lowest BCUT2D eigenvalue weighted by Crippen LogP contribution is -2.29. The summed E-state index contributed by atoms with van der Waals surface area (Å²) in [6.45, 7) is 1.45. The topological polar surface area (TPSA) is 77.8 Å². The molecule has 0 aliphatic carbocycles. The lowest BCUT2D eigenvalue weighted by Gasteiger charge is -2.12. The van der Waals surface area contributed by atoms with Crippen LogP contribution in [0.5, 0.6) is 0 Å². The Balaban J connectivity index is 3.93. The highest BCUT2D eigenvalue weighted by Crippen LogP contribution is 2.03. The van der Waals surface area contributed by atoms with Crippen LogP contribution < -0.4 is 0 Å². The van der Waals surface area contributed by atoms with E-state index in [1.54, 1.807) is 0 Å². The average molecular weight is 161 g/mol. The second-order valence-electron chi connectivity index (χ2n) is 2.36. The van der Waals surface area contributed by atoms with E-state index in [0.717, 1.165) is 0 Å². The van der Waals surface area contributed by atoms with E-state index in [4.69, 9.17) is 10.3 Å². The van der Waals surface area contributed by atoms with E-state index in [1.165, 1.54) is 14.0 Å². The van der Waals surface area contributed by atoms with Crippen molar-refractivity contribution in [3.8, 4) is 0 Å². The predicted molar refractivity (Wildman–Crippen MR) is 36.0 cm³/mol. The molecule has 0 aliphatic rings. The Morgan fingerprint density at radius 3 is 2.27 bits per heavy atom. The summed E-state index contributed by atoms with van der Waals surface area (Å²) in [6, 6.07) is 0. The number of hydrogen-bond acceptors (Lipinski definition) is 3. The van der Waals surface area contributed by atoms with Crippen LogP contribution in [0.2, 0.25) is 0 Å². The van der Waals surface area contributed by atoms with Crippen molar-refractivity contribution in [3.05, 3.63) is 0 Å². The quantitative estimate of drug-likeness (QED) is 0.449. The highest BCUT2D eigenvalue weighted by Gasteiger charge is 2.18. The zero-order chi connectivity index (χ0) is 9.02. The Kier molecular flexibility index (Phi) is 3.53. The predicted octanol–water partition coefficient (Wildman–Crippen LogP) is -0.0552. The highest BCUT2D eigenvalue weighted by molar-refractivity contribution is 5.81. The maximum atomic E-state index is 10.8. The summed E-state index contributed by atoms with van der Waals surface area (Å²) < 4.78 is 0. The number of hydrogen-bond donors (Lipinski definition) is 2. The first-order valence-electron chi connectivity index (χ1n) is 3.13. The molecule has 64 valence electrons. The molecule has 11 heavy (non-hydrogen) atoms. The summed E-state index contributed by atoms with van der Waals surface area (Å²) >= 11 is 0. The van der Waals surface area contributed by atoms with E-state index in [-0.39, 0.29) is 6.42 Å². The first-order valence-corrected chi connectivity index (χ1v) is 3.13. The smallest absolute Gasteiger partial charge is 0.304 e. The van der Waals surface area contributed by atoms with Crippen molar-refractivity contribution < 1.29 is 19.9 Å². The molecule has 0 saturated heterocycles. The van der Waals surface area contributed by atoms with Gasteiger partial charge < -0.3 is 5.11 Å². The summed E-state index contributed by atoms with van der Waals surface area (Å²) in [7, 11) is 1.17. The molecule has 0 bridgehead atoms. The molecule has 0 aliphatic heterocycles. The minimum Gasteiger partial charge on any atom is -0.481 e. The van der Waals surface area contributed by atoms with Gasteiger partial charge in [0.05, 0.1) is 6.42 Å². The minimum atomic E-state index is -1.05. The van der Waals surface area contributed by atoms with E-state index in [2.05, 4.69) is 0 Å². The molecule has 0 heterocycles. The van der Waals surface area contributed by atoms with Crippen LogP contribution in [0, 0.1) is 5.92 Å². The number of hydroxylamine groups is 2. The van der Waals surface area contributed by atoms with Crippen LogP contribution in [0.4, 0.5) is 0 Å². The monoisotopic (exact) mass is 161 g/mol. The zero-order valence-electron chi connectivity index (χ0n) is 6.44. The van der Waals surface area contributed by atoms with Crippen LogP contribution in [0.25, 0.3) is 0 Å². The average Bonchev–Trinajstić information content (AvgIpc) is 1.84. The fourth-order valence-electron chi connectivity index (χ4n) is 0.668. The fourth-order valence-corrected chi connectivity index (χ4v) is 0.668. The first kappa shape index (κ1) is 9.90. The Bertz CT molecular complexity index is 166. The van der Waals surface area contributed by atoms with Gasteiger partial charge in [-0.1, -0.05) is 6.92 Å². The minimum absolute atomic E-state index is 0.260. The van der Waals surface area contributed by atoms with Crippen molar-refractivity contribution in [1.29, 1.82) is 0 Å². The second-order valence-corrected chi connectivity index (χ2v) is 2.36. The molecule has 0 rings (SSSR count). The number of carboxylic acid groups (broad SMARTS) is 1. The van der Waals surface area contributed by atoms with Gasteiger partial charge in [-0.05, 0) is 0 Å². The molecular formula is C6H11NO4.